The SMILES string of the molecule is CN(CC(C)(C)CN)C(=O)CC1CCS(=O)(=O)C1. The van der Waals surface area contributed by atoms with Crippen molar-refractivity contribution in [2.75, 3.05) is 31.6 Å². The van der Waals surface area contributed by atoms with Gasteiger partial charge in [-0.3, -0.25) is 4.79 Å². The molecule has 1 heterocycles. The van der Waals surface area contributed by atoms with Gasteiger partial charge >= 0.3 is 0 Å². The van der Waals surface area contributed by atoms with Crippen LogP contribution in [0.4, 0.5) is 0 Å². The number of hydrogen-bond acceptors (Lipinski definition) is 4. The summed E-state index contributed by atoms with van der Waals surface area (Å²) in [6, 6.07) is 0. The molecule has 0 spiro atoms. The summed E-state index contributed by atoms with van der Waals surface area (Å²) in [5.74, 6) is 0.389. The molecule has 1 saturated heterocycles. The minimum atomic E-state index is -2.90. The summed E-state index contributed by atoms with van der Waals surface area (Å²) in [5.41, 5.74) is 5.53. The Balaban J connectivity index is 2.46. The third-order valence-corrected chi connectivity index (χ3v) is 5.27. The van der Waals surface area contributed by atoms with Crippen molar-refractivity contribution in [2.45, 2.75) is 26.7 Å². The molecule has 1 unspecified atom stereocenters. The summed E-state index contributed by atoms with van der Waals surface area (Å²) in [6.07, 6.45) is 0.943. The zero-order chi connectivity index (χ0) is 14.0. The van der Waals surface area contributed by atoms with Crippen molar-refractivity contribution in [1.29, 1.82) is 0 Å². The smallest absolute Gasteiger partial charge is 0.222 e. The number of carbonyl (C=O) groups excluding carboxylic acids is 1. The lowest BCUT2D eigenvalue weighted by molar-refractivity contribution is -0.131. The predicted molar refractivity (Wildman–Crippen MR) is 71.9 cm³/mol. The molecule has 5 nitrogen and oxygen atoms in total. The van der Waals surface area contributed by atoms with Crippen molar-refractivity contribution >= 4 is 15.7 Å². The Morgan fingerprint density at radius 2 is 2.06 bits per heavy atom. The molecule has 0 bridgehead atoms. The molecule has 0 saturated carbocycles. The van der Waals surface area contributed by atoms with Crippen LogP contribution in [0.5, 0.6) is 0 Å². The van der Waals surface area contributed by atoms with Crippen molar-refractivity contribution in [3.8, 4) is 0 Å². The summed E-state index contributed by atoms with van der Waals surface area (Å²) in [4.78, 5) is 13.7. The molecule has 18 heavy (non-hydrogen) atoms. The summed E-state index contributed by atoms with van der Waals surface area (Å²) < 4.78 is 22.7. The Labute approximate surface area is 110 Å². The highest BCUT2D eigenvalue weighted by atomic mass is 32.2. The number of nitrogens with two attached hydrogens (primary N) is 1. The first-order chi connectivity index (χ1) is 8.15. The fourth-order valence-electron chi connectivity index (χ4n) is 2.23. The van der Waals surface area contributed by atoms with E-state index in [1.54, 1.807) is 11.9 Å². The summed E-state index contributed by atoms with van der Waals surface area (Å²) in [7, 11) is -1.14. The van der Waals surface area contributed by atoms with Gasteiger partial charge in [-0.25, -0.2) is 8.42 Å². The number of rotatable bonds is 5. The van der Waals surface area contributed by atoms with Crippen LogP contribution in [-0.2, 0) is 14.6 Å². The van der Waals surface area contributed by atoms with E-state index >= 15 is 0 Å². The third kappa shape index (κ3) is 4.57. The lowest BCUT2D eigenvalue weighted by Gasteiger charge is -2.29. The lowest BCUT2D eigenvalue weighted by Crippen LogP contribution is -2.40. The zero-order valence-electron chi connectivity index (χ0n) is 11.5. The number of hydrogen-bond donors (Lipinski definition) is 1. The highest BCUT2D eigenvalue weighted by molar-refractivity contribution is 7.91. The van der Waals surface area contributed by atoms with Crippen LogP contribution in [0.15, 0.2) is 0 Å². The first-order valence-electron chi connectivity index (χ1n) is 6.30. The van der Waals surface area contributed by atoms with Gasteiger partial charge in [0.25, 0.3) is 0 Å². The van der Waals surface area contributed by atoms with Crippen LogP contribution < -0.4 is 5.73 Å². The van der Waals surface area contributed by atoms with Crippen molar-refractivity contribution in [2.24, 2.45) is 17.1 Å². The molecule has 1 aliphatic rings. The van der Waals surface area contributed by atoms with Gasteiger partial charge in [0.05, 0.1) is 11.5 Å². The van der Waals surface area contributed by atoms with Gasteiger partial charge in [0.2, 0.25) is 5.91 Å². The van der Waals surface area contributed by atoms with Gasteiger partial charge in [-0.15, -0.1) is 0 Å². The van der Waals surface area contributed by atoms with Gasteiger partial charge in [-0.1, -0.05) is 13.8 Å². The molecule has 0 aliphatic carbocycles. The number of sulfone groups is 1. The van der Waals surface area contributed by atoms with Crippen LogP contribution in [0.2, 0.25) is 0 Å². The number of nitrogens with zero attached hydrogens (tertiary/aromatic N) is 1. The molecule has 1 aliphatic heterocycles. The molecular weight excluding hydrogens is 252 g/mol. The standard InChI is InChI=1S/C12H24N2O3S/c1-12(2,8-13)9-14(3)11(15)6-10-4-5-18(16,17)7-10/h10H,4-9,13H2,1-3H3. The highest BCUT2D eigenvalue weighted by Gasteiger charge is 2.31. The van der Waals surface area contributed by atoms with E-state index in [1.165, 1.54) is 0 Å². The fourth-order valence-corrected chi connectivity index (χ4v) is 4.09. The van der Waals surface area contributed by atoms with Gasteiger partial charge in [-0.2, -0.15) is 0 Å². The van der Waals surface area contributed by atoms with E-state index in [-0.39, 0.29) is 28.7 Å². The second-order valence-electron chi connectivity index (χ2n) is 6.09. The molecule has 1 atom stereocenters. The molecular formula is C12H24N2O3S. The van der Waals surface area contributed by atoms with Crippen molar-refractivity contribution in [3.05, 3.63) is 0 Å². The van der Waals surface area contributed by atoms with E-state index < -0.39 is 9.84 Å². The largest absolute Gasteiger partial charge is 0.345 e. The Morgan fingerprint density at radius 1 is 1.44 bits per heavy atom. The molecule has 106 valence electrons. The third-order valence-electron chi connectivity index (χ3n) is 3.43. The second-order valence-corrected chi connectivity index (χ2v) is 8.32. The van der Waals surface area contributed by atoms with Gasteiger partial charge in [0.15, 0.2) is 9.84 Å². The van der Waals surface area contributed by atoms with E-state index in [0.29, 0.717) is 25.9 Å². The van der Waals surface area contributed by atoms with E-state index in [1.807, 2.05) is 13.8 Å². The van der Waals surface area contributed by atoms with E-state index in [0.717, 1.165) is 0 Å². The molecule has 1 rings (SSSR count). The van der Waals surface area contributed by atoms with Crippen LogP contribution in [0.1, 0.15) is 26.7 Å². The fraction of sp³-hybridized carbons (Fsp3) is 0.917. The first kappa shape index (κ1) is 15.4. The molecule has 1 amide bonds. The molecule has 0 radical (unpaired) electrons. The highest BCUT2D eigenvalue weighted by Crippen LogP contribution is 2.23. The number of amides is 1. The van der Waals surface area contributed by atoms with E-state index in [4.69, 9.17) is 5.73 Å². The van der Waals surface area contributed by atoms with Crippen LogP contribution >= 0.6 is 0 Å². The van der Waals surface area contributed by atoms with Gasteiger partial charge in [0, 0.05) is 20.0 Å². The van der Waals surface area contributed by atoms with Crippen LogP contribution in [0, 0.1) is 11.3 Å². The van der Waals surface area contributed by atoms with Crippen molar-refractivity contribution < 1.29 is 13.2 Å². The monoisotopic (exact) mass is 276 g/mol. The van der Waals surface area contributed by atoms with Gasteiger partial charge in [-0.05, 0) is 24.3 Å². The minimum Gasteiger partial charge on any atom is -0.345 e. The second kappa shape index (κ2) is 5.57. The Hall–Kier alpha value is -0.620. The summed E-state index contributed by atoms with van der Waals surface area (Å²) >= 11 is 0. The van der Waals surface area contributed by atoms with E-state index in [9.17, 15) is 13.2 Å². The van der Waals surface area contributed by atoms with E-state index in [2.05, 4.69) is 0 Å². The molecule has 0 aromatic rings. The maximum absolute atomic E-state index is 12.0. The quantitative estimate of drug-likeness (QED) is 0.781. The number of carbonyl (C=O) groups is 1. The van der Waals surface area contributed by atoms with Crippen LogP contribution in [0.3, 0.4) is 0 Å². The first-order valence-corrected chi connectivity index (χ1v) is 8.12. The topological polar surface area (TPSA) is 80.5 Å². The lowest BCUT2D eigenvalue weighted by atomic mass is 9.93. The molecule has 0 aromatic carbocycles. The average molecular weight is 276 g/mol. The van der Waals surface area contributed by atoms with Crippen molar-refractivity contribution in [1.82, 2.24) is 4.90 Å². The predicted octanol–water partition coefficient (Wildman–Crippen LogP) is 0.255. The molecule has 0 aromatic heterocycles. The molecule has 1 fully saturated rings. The molecule has 2 N–H and O–H groups in total. The minimum absolute atomic E-state index is 0.00839. The summed E-state index contributed by atoms with van der Waals surface area (Å²) in [5, 5.41) is 0. The van der Waals surface area contributed by atoms with Gasteiger partial charge < -0.3 is 10.6 Å². The summed E-state index contributed by atoms with van der Waals surface area (Å²) in [6.45, 7) is 5.14. The zero-order valence-corrected chi connectivity index (χ0v) is 12.3. The van der Waals surface area contributed by atoms with Crippen molar-refractivity contribution in [3.63, 3.8) is 0 Å². The van der Waals surface area contributed by atoms with Crippen LogP contribution in [-0.4, -0.2) is 50.9 Å². The molecule has 6 heteroatoms. The Bertz CT molecular complexity index is 404. The average Bonchev–Trinajstić information content (AvgIpc) is 2.57. The maximum Gasteiger partial charge on any atom is 0.222 e. The van der Waals surface area contributed by atoms with Gasteiger partial charge in [0.1, 0.15) is 0 Å². The van der Waals surface area contributed by atoms with Crippen LogP contribution in [0.25, 0.3) is 0 Å². The normalized spacial score (nSPS) is 23.0. The Kier molecular flexibility index (Phi) is 4.78. The Morgan fingerprint density at radius 3 is 2.50 bits per heavy atom. The maximum atomic E-state index is 12.0.